The Bertz CT molecular complexity index is 535. The molecule has 1 aliphatic rings. The summed E-state index contributed by atoms with van der Waals surface area (Å²) in [4.78, 5) is 1.68. The molecule has 1 fully saturated rings. The first-order chi connectivity index (χ1) is 10.6. The fraction of sp³-hybridized carbons (Fsp3) is 0.571. The zero-order valence-electron chi connectivity index (χ0n) is 12.0. The third-order valence-corrected chi connectivity index (χ3v) is 3.71. The summed E-state index contributed by atoms with van der Waals surface area (Å²) in [6, 6.07) is 4.27. The summed E-state index contributed by atoms with van der Waals surface area (Å²) in [7, 11) is 0. The first-order valence-corrected chi connectivity index (χ1v) is 6.97. The quantitative estimate of drug-likeness (QED) is 0.667. The molecule has 0 aromatic heterocycles. The van der Waals surface area contributed by atoms with Gasteiger partial charge in [-0.05, 0) is 25.0 Å². The van der Waals surface area contributed by atoms with Crippen LogP contribution >= 0.6 is 0 Å². The average molecular weight is 342 g/mol. The molecular formula is C14H16F6N2O. The minimum absolute atomic E-state index is 0.0446. The molecule has 0 unspecified atom stereocenters. The number of benzene rings is 1. The molecule has 0 radical (unpaired) electrons. The Morgan fingerprint density at radius 1 is 1.09 bits per heavy atom. The van der Waals surface area contributed by atoms with Crippen LogP contribution in [0.5, 0.6) is 5.75 Å². The SMILES string of the molecule is Nc1ccc(N2CCC(C(F)(F)F)CC2)cc1OCC(F)(F)F. The van der Waals surface area contributed by atoms with Crippen molar-refractivity contribution in [3.63, 3.8) is 0 Å². The molecule has 2 rings (SSSR count). The topological polar surface area (TPSA) is 38.5 Å². The second kappa shape index (κ2) is 6.37. The molecule has 0 spiro atoms. The lowest BCUT2D eigenvalue weighted by molar-refractivity contribution is -0.179. The zero-order chi connectivity index (χ0) is 17.3. The highest BCUT2D eigenvalue weighted by Gasteiger charge is 2.41. The van der Waals surface area contributed by atoms with Gasteiger partial charge in [0.25, 0.3) is 0 Å². The molecule has 130 valence electrons. The van der Waals surface area contributed by atoms with E-state index < -0.39 is 24.9 Å². The van der Waals surface area contributed by atoms with Crippen LogP contribution in [0.4, 0.5) is 37.7 Å². The number of nitrogen functional groups attached to an aromatic ring is 1. The maximum atomic E-state index is 12.6. The van der Waals surface area contributed by atoms with E-state index in [1.165, 1.54) is 12.1 Å². The Balaban J connectivity index is 2.04. The molecule has 9 heteroatoms. The second-order valence-corrected chi connectivity index (χ2v) is 5.43. The number of halogens is 6. The van der Waals surface area contributed by atoms with Gasteiger partial charge in [0.05, 0.1) is 11.6 Å². The average Bonchev–Trinajstić information content (AvgIpc) is 2.45. The molecule has 1 aromatic rings. The Morgan fingerprint density at radius 3 is 2.22 bits per heavy atom. The van der Waals surface area contributed by atoms with Crippen LogP contribution in [0.15, 0.2) is 18.2 Å². The second-order valence-electron chi connectivity index (χ2n) is 5.43. The summed E-state index contributed by atoms with van der Waals surface area (Å²) in [5.74, 6) is -1.47. The lowest BCUT2D eigenvalue weighted by Crippen LogP contribution is -2.39. The van der Waals surface area contributed by atoms with Gasteiger partial charge in [-0.2, -0.15) is 26.3 Å². The van der Waals surface area contributed by atoms with Crippen LogP contribution < -0.4 is 15.4 Å². The minimum atomic E-state index is -4.49. The molecule has 23 heavy (non-hydrogen) atoms. The van der Waals surface area contributed by atoms with E-state index in [1.54, 1.807) is 11.0 Å². The molecule has 0 atom stereocenters. The number of rotatable bonds is 3. The van der Waals surface area contributed by atoms with Crippen molar-refractivity contribution in [3.8, 4) is 5.75 Å². The van der Waals surface area contributed by atoms with Crippen molar-refractivity contribution >= 4 is 11.4 Å². The number of hydrogen-bond donors (Lipinski definition) is 1. The molecule has 0 amide bonds. The molecule has 0 bridgehead atoms. The van der Waals surface area contributed by atoms with E-state index in [0.717, 1.165) is 0 Å². The van der Waals surface area contributed by atoms with Crippen molar-refractivity contribution < 1.29 is 31.1 Å². The lowest BCUT2D eigenvalue weighted by Gasteiger charge is -2.34. The molecular weight excluding hydrogens is 326 g/mol. The predicted octanol–water partition coefficient (Wildman–Crippen LogP) is 3.99. The van der Waals surface area contributed by atoms with Gasteiger partial charge in [0.2, 0.25) is 0 Å². The van der Waals surface area contributed by atoms with Gasteiger partial charge in [-0.25, -0.2) is 0 Å². The van der Waals surface area contributed by atoms with Crippen molar-refractivity contribution in [2.24, 2.45) is 5.92 Å². The Hall–Kier alpha value is -1.80. The van der Waals surface area contributed by atoms with Crippen LogP contribution in [0.3, 0.4) is 0 Å². The number of anilines is 2. The number of nitrogens with zero attached hydrogens (tertiary/aromatic N) is 1. The third kappa shape index (κ3) is 4.84. The number of hydrogen-bond acceptors (Lipinski definition) is 3. The molecule has 1 saturated heterocycles. The highest BCUT2D eigenvalue weighted by molar-refractivity contribution is 5.62. The number of ether oxygens (including phenoxy) is 1. The standard InChI is InChI=1S/C14H16F6N2O/c15-13(16,17)8-23-12-7-10(1-2-11(12)21)22-5-3-9(4-6-22)14(18,19)20/h1-2,7,9H,3-6,8,21H2. The predicted molar refractivity (Wildman–Crippen MR) is 73.4 cm³/mol. The van der Waals surface area contributed by atoms with E-state index in [-0.39, 0.29) is 37.4 Å². The third-order valence-electron chi connectivity index (χ3n) is 3.71. The van der Waals surface area contributed by atoms with Gasteiger partial charge >= 0.3 is 12.4 Å². The van der Waals surface area contributed by atoms with Gasteiger partial charge in [-0.1, -0.05) is 0 Å². The Kier molecular flexibility index (Phi) is 4.86. The van der Waals surface area contributed by atoms with Crippen molar-refractivity contribution in [3.05, 3.63) is 18.2 Å². The van der Waals surface area contributed by atoms with E-state index in [9.17, 15) is 26.3 Å². The summed E-state index contributed by atoms with van der Waals surface area (Å²) in [6.07, 6.45) is -8.80. The van der Waals surface area contributed by atoms with Crippen molar-refractivity contribution in [1.82, 2.24) is 0 Å². The summed E-state index contributed by atoms with van der Waals surface area (Å²) < 4.78 is 79.2. The van der Waals surface area contributed by atoms with Crippen molar-refractivity contribution in [2.75, 3.05) is 30.3 Å². The van der Waals surface area contributed by atoms with Gasteiger partial charge in [0.1, 0.15) is 5.75 Å². The smallest absolute Gasteiger partial charge is 0.422 e. The largest absolute Gasteiger partial charge is 0.482 e. The molecule has 1 aromatic carbocycles. The summed E-state index contributed by atoms with van der Waals surface area (Å²) in [6.45, 7) is -1.13. The maximum absolute atomic E-state index is 12.6. The van der Waals surface area contributed by atoms with Crippen molar-refractivity contribution in [1.29, 1.82) is 0 Å². The fourth-order valence-corrected chi connectivity index (χ4v) is 2.47. The van der Waals surface area contributed by atoms with E-state index >= 15 is 0 Å². The summed E-state index contributed by atoms with van der Waals surface area (Å²) in [5.41, 5.74) is 6.11. The first kappa shape index (κ1) is 17.6. The highest BCUT2D eigenvalue weighted by Crippen LogP contribution is 2.36. The van der Waals surface area contributed by atoms with Gasteiger partial charge in [0.15, 0.2) is 6.61 Å². The first-order valence-electron chi connectivity index (χ1n) is 6.97. The van der Waals surface area contributed by atoms with Crippen molar-refractivity contribution in [2.45, 2.75) is 25.2 Å². The van der Waals surface area contributed by atoms with Gasteiger partial charge in [0, 0.05) is 24.8 Å². The molecule has 2 N–H and O–H groups in total. The molecule has 1 heterocycles. The molecule has 1 aliphatic heterocycles. The van der Waals surface area contributed by atoms with Crippen LogP contribution in [-0.4, -0.2) is 32.0 Å². The van der Waals surface area contributed by atoms with Crippen LogP contribution in [-0.2, 0) is 0 Å². The number of nitrogens with two attached hydrogens (primary N) is 1. The van der Waals surface area contributed by atoms with E-state index in [1.807, 2.05) is 0 Å². The van der Waals surface area contributed by atoms with Crippen LogP contribution in [0.25, 0.3) is 0 Å². The highest BCUT2D eigenvalue weighted by atomic mass is 19.4. The van der Waals surface area contributed by atoms with Gasteiger partial charge in [-0.3, -0.25) is 0 Å². The normalized spacial score (nSPS) is 17.4. The van der Waals surface area contributed by atoms with E-state index in [4.69, 9.17) is 5.73 Å². The van der Waals surface area contributed by atoms with E-state index in [0.29, 0.717) is 5.69 Å². The van der Waals surface area contributed by atoms with Gasteiger partial charge < -0.3 is 15.4 Å². The van der Waals surface area contributed by atoms with Crippen LogP contribution in [0.2, 0.25) is 0 Å². The minimum Gasteiger partial charge on any atom is -0.482 e. The molecule has 0 aliphatic carbocycles. The Labute approximate surface area is 129 Å². The summed E-state index contributed by atoms with van der Waals surface area (Å²) >= 11 is 0. The lowest BCUT2D eigenvalue weighted by atomic mass is 9.96. The monoisotopic (exact) mass is 342 g/mol. The Morgan fingerprint density at radius 2 is 1.70 bits per heavy atom. The molecule has 0 saturated carbocycles. The number of alkyl halides is 6. The van der Waals surface area contributed by atoms with E-state index in [2.05, 4.69) is 4.74 Å². The van der Waals surface area contributed by atoms with Gasteiger partial charge in [-0.15, -0.1) is 0 Å². The van der Waals surface area contributed by atoms with Crippen LogP contribution in [0.1, 0.15) is 12.8 Å². The molecule has 3 nitrogen and oxygen atoms in total. The summed E-state index contributed by atoms with van der Waals surface area (Å²) in [5, 5.41) is 0. The number of piperidine rings is 1. The zero-order valence-corrected chi connectivity index (χ0v) is 12.0. The van der Waals surface area contributed by atoms with Crippen LogP contribution in [0, 0.1) is 5.92 Å². The maximum Gasteiger partial charge on any atom is 0.422 e. The fourth-order valence-electron chi connectivity index (χ4n) is 2.47.